The SMILES string of the molecule is N=C(Cc1ccc(O)cc1)n1nc(Nc2cc(F)cc(F)c2)ccc1=N. The first kappa shape index (κ1) is 17.3. The highest BCUT2D eigenvalue weighted by molar-refractivity contribution is 5.83. The second kappa shape index (κ2) is 7.14. The topological polar surface area (TPSA) is 97.8 Å². The Balaban J connectivity index is 1.83. The molecule has 3 aromatic rings. The Labute approximate surface area is 147 Å². The van der Waals surface area contributed by atoms with Gasteiger partial charge < -0.3 is 10.4 Å². The van der Waals surface area contributed by atoms with Gasteiger partial charge in [-0.15, -0.1) is 5.10 Å². The summed E-state index contributed by atoms with van der Waals surface area (Å²) in [5.41, 5.74) is 0.932. The number of aromatic hydroxyl groups is 1. The zero-order valence-corrected chi connectivity index (χ0v) is 13.5. The predicted octanol–water partition coefficient (Wildman–Crippen LogP) is 3.16. The van der Waals surface area contributed by atoms with Crippen LogP contribution in [0.4, 0.5) is 20.3 Å². The van der Waals surface area contributed by atoms with Crippen molar-refractivity contribution in [3.63, 3.8) is 0 Å². The van der Waals surface area contributed by atoms with Crippen molar-refractivity contribution in [2.75, 3.05) is 5.32 Å². The van der Waals surface area contributed by atoms with E-state index in [1.54, 1.807) is 12.1 Å². The normalized spacial score (nSPS) is 10.5. The number of rotatable bonds is 4. The van der Waals surface area contributed by atoms with Gasteiger partial charge in [0.2, 0.25) is 0 Å². The number of hydrogen-bond donors (Lipinski definition) is 4. The van der Waals surface area contributed by atoms with Crippen LogP contribution >= 0.6 is 0 Å². The van der Waals surface area contributed by atoms with E-state index < -0.39 is 11.6 Å². The molecule has 0 spiro atoms. The summed E-state index contributed by atoms with van der Waals surface area (Å²) in [6.45, 7) is 0. The number of anilines is 2. The second-order valence-corrected chi connectivity index (χ2v) is 5.59. The van der Waals surface area contributed by atoms with Crippen LogP contribution in [-0.4, -0.2) is 20.7 Å². The molecule has 0 unspecified atom stereocenters. The summed E-state index contributed by atoms with van der Waals surface area (Å²) >= 11 is 0. The molecule has 0 aliphatic rings. The van der Waals surface area contributed by atoms with Crippen LogP contribution in [0.5, 0.6) is 5.75 Å². The summed E-state index contributed by atoms with van der Waals surface area (Å²) < 4.78 is 27.7. The van der Waals surface area contributed by atoms with Crippen LogP contribution in [0, 0.1) is 22.5 Å². The van der Waals surface area contributed by atoms with Crippen molar-refractivity contribution in [1.82, 2.24) is 9.78 Å². The first-order chi connectivity index (χ1) is 12.4. The average Bonchev–Trinajstić information content (AvgIpc) is 2.57. The molecule has 1 heterocycles. The van der Waals surface area contributed by atoms with Gasteiger partial charge in [-0.2, -0.15) is 4.68 Å². The third-order valence-electron chi connectivity index (χ3n) is 3.53. The van der Waals surface area contributed by atoms with E-state index >= 15 is 0 Å². The molecule has 0 radical (unpaired) electrons. The smallest absolute Gasteiger partial charge is 0.151 e. The van der Waals surface area contributed by atoms with E-state index in [-0.39, 0.29) is 35.0 Å². The van der Waals surface area contributed by atoms with E-state index in [4.69, 9.17) is 10.8 Å². The van der Waals surface area contributed by atoms with Crippen molar-refractivity contribution in [2.24, 2.45) is 0 Å². The quantitative estimate of drug-likeness (QED) is 0.427. The van der Waals surface area contributed by atoms with Crippen LogP contribution in [0.1, 0.15) is 5.56 Å². The summed E-state index contributed by atoms with van der Waals surface area (Å²) in [5.74, 6) is -1.05. The van der Waals surface area contributed by atoms with Gasteiger partial charge in [0, 0.05) is 18.2 Å². The van der Waals surface area contributed by atoms with Crippen LogP contribution in [0.25, 0.3) is 0 Å². The molecule has 6 nitrogen and oxygen atoms in total. The highest BCUT2D eigenvalue weighted by Gasteiger charge is 2.07. The second-order valence-electron chi connectivity index (χ2n) is 5.59. The molecule has 0 aliphatic carbocycles. The maximum absolute atomic E-state index is 13.3. The Morgan fingerprint density at radius 2 is 1.69 bits per heavy atom. The maximum Gasteiger partial charge on any atom is 0.151 e. The van der Waals surface area contributed by atoms with Crippen LogP contribution in [0.3, 0.4) is 0 Å². The van der Waals surface area contributed by atoms with Crippen LogP contribution in [-0.2, 0) is 6.42 Å². The molecule has 0 saturated heterocycles. The molecule has 0 amide bonds. The minimum atomic E-state index is -0.724. The molecular weight excluding hydrogens is 340 g/mol. The van der Waals surface area contributed by atoms with Gasteiger partial charge in [0.15, 0.2) is 5.82 Å². The summed E-state index contributed by atoms with van der Waals surface area (Å²) in [7, 11) is 0. The molecule has 3 rings (SSSR count). The Morgan fingerprint density at radius 3 is 2.35 bits per heavy atom. The van der Waals surface area contributed by atoms with Gasteiger partial charge in [-0.3, -0.25) is 10.8 Å². The lowest BCUT2D eigenvalue weighted by molar-refractivity contribution is 0.475. The molecule has 1 aromatic heterocycles. The van der Waals surface area contributed by atoms with E-state index in [0.717, 1.165) is 28.4 Å². The number of benzene rings is 2. The van der Waals surface area contributed by atoms with Gasteiger partial charge >= 0.3 is 0 Å². The van der Waals surface area contributed by atoms with Crippen molar-refractivity contribution in [2.45, 2.75) is 6.42 Å². The first-order valence-corrected chi connectivity index (χ1v) is 7.64. The molecule has 0 aliphatic heterocycles. The van der Waals surface area contributed by atoms with Crippen molar-refractivity contribution in [1.29, 1.82) is 10.8 Å². The average molecular weight is 355 g/mol. The minimum absolute atomic E-state index is 0.00949. The molecule has 0 fully saturated rings. The number of hydrogen-bond acceptors (Lipinski definition) is 5. The monoisotopic (exact) mass is 355 g/mol. The lowest BCUT2D eigenvalue weighted by Crippen LogP contribution is -2.30. The van der Waals surface area contributed by atoms with Gasteiger partial charge in [-0.25, -0.2) is 8.78 Å². The Bertz CT molecular complexity index is 995. The minimum Gasteiger partial charge on any atom is -0.508 e. The fraction of sp³-hybridized carbons (Fsp3) is 0.0556. The first-order valence-electron chi connectivity index (χ1n) is 7.64. The molecule has 0 bridgehead atoms. The fourth-order valence-electron chi connectivity index (χ4n) is 2.35. The maximum atomic E-state index is 13.3. The van der Waals surface area contributed by atoms with Crippen molar-refractivity contribution >= 4 is 17.3 Å². The molecule has 0 saturated carbocycles. The molecule has 132 valence electrons. The highest BCUT2D eigenvalue weighted by Crippen LogP contribution is 2.17. The van der Waals surface area contributed by atoms with Gasteiger partial charge in [0.05, 0.1) is 0 Å². The molecular formula is C18H15F2N5O. The number of aromatic nitrogens is 2. The number of phenols is 1. The lowest BCUT2D eigenvalue weighted by atomic mass is 10.1. The summed E-state index contributed by atoms with van der Waals surface area (Å²) in [4.78, 5) is 0. The van der Waals surface area contributed by atoms with Gasteiger partial charge in [0.1, 0.15) is 28.7 Å². The van der Waals surface area contributed by atoms with Crippen molar-refractivity contribution in [3.8, 4) is 5.75 Å². The van der Waals surface area contributed by atoms with E-state index in [1.165, 1.54) is 24.3 Å². The zero-order valence-electron chi connectivity index (χ0n) is 13.5. The van der Waals surface area contributed by atoms with Gasteiger partial charge in [-0.05, 0) is 42.0 Å². The third kappa shape index (κ3) is 4.10. The number of phenolic OH excluding ortho intramolecular Hbond substituents is 1. The van der Waals surface area contributed by atoms with E-state index in [2.05, 4.69) is 10.4 Å². The Hall–Kier alpha value is -3.55. The number of nitrogens with zero attached hydrogens (tertiary/aromatic N) is 2. The lowest BCUT2D eigenvalue weighted by Gasteiger charge is -2.11. The van der Waals surface area contributed by atoms with Crippen LogP contribution < -0.4 is 10.8 Å². The van der Waals surface area contributed by atoms with Crippen molar-refractivity contribution in [3.05, 3.63) is 77.3 Å². The fourth-order valence-corrected chi connectivity index (χ4v) is 2.35. The van der Waals surface area contributed by atoms with Crippen LogP contribution in [0.15, 0.2) is 54.6 Å². The zero-order chi connectivity index (χ0) is 18.7. The van der Waals surface area contributed by atoms with E-state index in [9.17, 15) is 13.9 Å². The Kier molecular flexibility index (Phi) is 4.74. The standard InChI is InChI=1S/C18H15F2N5O/c19-12-8-13(20)10-14(9-12)23-18-6-5-16(21)25(24-18)17(22)7-11-1-3-15(26)4-2-11/h1-6,8-10,21-22,26H,7H2,(H,23,24). The van der Waals surface area contributed by atoms with Crippen molar-refractivity contribution < 1.29 is 13.9 Å². The number of halogens is 2. The molecule has 2 aromatic carbocycles. The highest BCUT2D eigenvalue weighted by atomic mass is 19.1. The van der Waals surface area contributed by atoms with Gasteiger partial charge in [-0.1, -0.05) is 12.1 Å². The third-order valence-corrected chi connectivity index (χ3v) is 3.53. The summed E-state index contributed by atoms with van der Waals surface area (Å²) in [5, 5.41) is 32.3. The molecule has 26 heavy (non-hydrogen) atoms. The molecule has 4 N–H and O–H groups in total. The van der Waals surface area contributed by atoms with Crippen LogP contribution in [0.2, 0.25) is 0 Å². The summed E-state index contributed by atoms with van der Waals surface area (Å²) in [6.07, 6.45) is 0.196. The molecule has 0 atom stereocenters. The van der Waals surface area contributed by atoms with E-state index in [1.807, 2.05) is 0 Å². The largest absolute Gasteiger partial charge is 0.508 e. The Morgan fingerprint density at radius 1 is 1.04 bits per heavy atom. The number of nitrogens with one attached hydrogen (secondary N) is 3. The van der Waals surface area contributed by atoms with E-state index in [0.29, 0.717) is 0 Å². The molecule has 8 heteroatoms. The predicted molar refractivity (Wildman–Crippen MR) is 92.7 cm³/mol. The summed E-state index contributed by atoms with van der Waals surface area (Å²) in [6, 6.07) is 12.3. The van der Waals surface area contributed by atoms with Gasteiger partial charge in [0.25, 0.3) is 0 Å².